The molecule has 0 atom stereocenters. The molecule has 0 fully saturated rings. The van der Waals surface area contributed by atoms with Gasteiger partial charge in [-0.1, -0.05) is 31.0 Å². The van der Waals surface area contributed by atoms with Gasteiger partial charge in [0.25, 0.3) is 0 Å². The monoisotopic (exact) mass is 479 g/mol. The van der Waals surface area contributed by atoms with E-state index in [1.165, 1.54) is 6.21 Å². The van der Waals surface area contributed by atoms with E-state index in [9.17, 15) is 9.59 Å². The van der Waals surface area contributed by atoms with Gasteiger partial charge in [-0.15, -0.1) is 0 Å². The lowest BCUT2D eigenvalue weighted by Gasteiger charge is -2.08. The molecule has 0 aliphatic carbocycles. The van der Waals surface area contributed by atoms with Crippen molar-refractivity contribution in [1.29, 1.82) is 0 Å². The van der Waals surface area contributed by atoms with Crippen LogP contribution in [-0.4, -0.2) is 24.6 Å². The number of hydrazone groups is 1. The normalized spacial score (nSPS) is 10.8. The quantitative estimate of drug-likeness (QED) is 0.228. The van der Waals surface area contributed by atoms with Gasteiger partial charge in [0.05, 0.1) is 17.3 Å². The van der Waals surface area contributed by atoms with Crippen LogP contribution in [0.2, 0.25) is 5.02 Å². The van der Waals surface area contributed by atoms with E-state index in [2.05, 4.69) is 38.7 Å². The van der Waals surface area contributed by atoms with Gasteiger partial charge in [0.2, 0.25) is 11.8 Å². The van der Waals surface area contributed by atoms with Gasteiger partial charge in [0, 0.05) is 10.7 Å². The summed E-state index contributed by atoms with van der Waals surface area (Å²) in [6.45, 7) is 4.63. The molecule has 2 aromatic rings. The number of halogens is 2. The van der Waals surface area contributed by atoms with Crippen molar-refractivity contribution in [1.82, 2.24) is 5.43 Å². The third-order valence-corrected chi connectivity index (χ3v) is 4.92. The van der Waals surface area contributed by atoms with Crippen LogP contribution in [0.4, 0.5) is 5.69 Å². The number of rotatable bonds is 9. The summed E-state index contributed by atoms with van der Waals surface area (Å²) in [6, 6.07) is 10.7. The maximum atomic E-state index is 12.0. The van der Waals surface area contributed by atoms with Gasteiger partial charge in [-0.3, -0.25) is 9.59 Å². The molecule has 2 aromatic carbocycles. The van der Waals surface area contributed by atoms with Crippen molar-refractivity contribution in [2.45, 2.75) is 33.1 Å². The Kier molecular flexibility index (Phi) is 9.15. The van der Waals surface area contributed by atoms with Crippen LogP contribution in [0.5, 0.6) is 5.75 Å². The number of carbonyl (C=O) groups is 2. The van der Waals surface area contributed by atoms with Crippen LogP contribution in [0.15, 0.2) is 46.0 Å². The first-order chi connectivity index (χ1) is 13.9. The highest BCUT2D eigenvalue weighted by atomic mass is 79.9. The van der Waals surface area contributed by atoms with E-state index < -0.39 is 11.8 Å². The van der Waals surface area contributed by atoms with Crippen molar-refractivity contribution in [2.75, 3.05) is 11.9 Å². The van der Waals surface area contributed by atoms with Gasteiger partial charge in [0.15, 0.2) is 0 Å². The molecule has 2 N–H and O–H groups in total. The van der Waals surface area contributed by atoms with Crippen LogP contribution >= 0.6 is 27.5 Å². The lowest BCUT2D eigenvalue weighted by atomic mass is 10.2. The van der Waals surface area contributed by atoms with Crippen molar-refractivity contribution in [3.8, 4) is 5.75 Å². The third-order valence-electron chi connectivity index (χ3n) is 3.89. The topological polar surface area (TPSA) is 79.8 Å². The lowest BCUT2D eigenvalue weighted by Crippen LogP contribution is -2.24. The van der Waals surface area contributed by atoms with Crippen LogP contribution in [0.25, 0.3) is 0 Å². The smallest absolute Gasteiger partial charge is 0.249 e. The number of nitrogens with zero attached hydrogens (tertiary/aromatic N) is 1. The average Bonchev–Trinajstić information content (AvgIpc) is 2.66. The molecule has 0 unspecified atom stereocenters. The van der Waals surface area contributed by atoms with Crippen LogP contribution in [0.1, 0.15) is 37.3 Å². The summed E-state index contributed by atoms with van der Waals surface area (Å²) in [7, 11) is 0. The second kappa shape index (κ2) is 11.6. The predicted octanol–water partition coefficient (Wildman–Crippen LogP) is 5.07. The number of ether oxygens (including phenoxy) is 1. The minimum absolute atomic E-state index is 0.350. The van der Waals surface area contributed by atoms with E-state index in [1.807, 2.05) is 25.1 Å². The van der Waals surface area contributed by atoms with Crippen molar-refractivity contribution < 1.29 is 14.3 Å². The Hall–Kier alpha value is -2.38. The van der Waals surface area contributed by atoms with Crippen LogP contribution in [-0.2, 0) is 9.59 Å². The Labute approximate surface area is 183 Å². The second-order valence-corrected chi connectivity index (χ2v) is 7.64. The number of hydrogen-bond acceptors (Lipinski definition) is 4. The average molecular weight is 481 g/mol. The molecular weight excluding hydrogens is 458 g/mol. The third kappa shape index (κ3) is 7.87. The van der Waals surface area contributed by atoms with Crippen molar-refractivity contribution in [2.24, 2.45) is 5.10 Å². The molecular formula is C21H23BrClN3O3. The van der Waals surface area contributed by atoms with E-state index in [4.69, 9.17) is 16.3 Å². The summed E-state index contributed by atoms with van der Waals surface area (Å²) in [4.78, 5) is 23.8. The van der Waals surface area contributed by atoms with Gasteiger partial charge >= 0.3 is 0 Å². The highest BCUT2D eigenvalue weighted by Gasteiger charge is 2.10. The molecule has 0 aliphatic heterocycles. The van der Waals surface area contributed by atoms with Gasteiger partial charge < -0.3 is 10.1 Å². The first-order valence-corrected chi connectivity index (χ1v) is 10.4. The molecule has 8 heteroatoms. The molecule has 6 nitrogen and oxygen atoms in total. The van der Waals surface area contributed by atoms with Gasteiger partial charge in [0.1, 0.15) is 12.2 Å². The zero-order valence-electron chi connectivity index (χ0n) is 16.3. The Morgan fingerprint density at radius 2 is 2.00 bits per heavy atom. The number of amides is 2. The molecule has 0 aliphatic rings. The largest absolute Gasteiger partial charge is 0.492 e. The number of anilines is 1. The standard InChI is InChI=1S/C21H23BrClN3O3/c1-3-4-9-29-19-8-6-15(10-17(19)22)13-24-26-21(28)12-20(27)25-16-7-5-14(2)18(23)11-16/h5-8,10-11,13H,3-4,9,12H2,1-2H3,(H,25,27)(H,26,28). The SMILES string of the molecule is CCCCOc1ccc(C=NNC(=O)CC(=O)Nc2ccc(C)c(Cl)c2)cc1Br. The number of carbonyl (C=O) groups excluding carboxylic acids is 2. The summed E-state index contributed by atoms with van der Waals surface area (Å²) in [5.74, 6) is -0.211. The van der Waals surface area contributed by atoms with E-state index in [0.717, 1.165) is 34.2 Å². The van der Waals surface area contributed by atoms with Crippen molar-refractivity contribution in [3.05, 3.63) is 57.0 Å². The van der Waals surface area contributed by atoms with Gasteiger partial charge in [-0.25, -0.2) is 5.43 Å². The highest BCUT2D eigenvalue weighted by Crippen LogP contribution is 2.25. The Balaban J connectivity index is 1.81. The molecule has 29 heavy (non-hydrogen) atoms. The molecule has 0 saturated carbocycles. The van der Waals surface area contributed by atoms with Crippen molar-refractivity contribution in [3.63, 3.8) is 0 Å². The molecule has 0 radical (unpaired) electrons. The van der Waals surface area contributed by atoms with Gasteiger partial charge in [-0.05, 0) is 70.7 Å². The van der Waals surface area contributed by atoms with Crippen LogP contribution in [0, 0.1) is 6.92 Å². The summed E-state index contributed by atoms with van der Waals surface area (Å²) in [5, 5.41) is 7.06. The summed E-state index contributed by atoms with van der Waals surface area (Å²) < 4.78 is 6.47. The second-order valence-electron chi connectivity index (χ2n) is 6.37. The molecule has 154 valence electrons. The molecule has 0 bridgehead atoms. The van der Waals surface area contributed by atoms with E-state index in [1.54, 1.807) is 18.2 Å². The molecule has 0 heterocycles. The Bertz CT molecular complexity index is 903. The fourth-order valence-electron chi connectivity index (χ4n) is 2.28. The van der Waals surface area contributed by atoms with E-state index in [0.29, 0.717) is 17.3 Å². The highest BCUT2D eigenvalue weighted by molar-refractivity contribution is 9.10. The van der Waals surface area contributed by atoms with Crippen LogP contribution < -0.4 is 15.5 Å². The zero-order valence-corrected chi connectivity index (χ0v) is 18.6. The van der Waals surface area contributed by atoms with Crippen molar-refractivity contribution >= 4 is 51.2 Å². The molecule has 0 aromatic heterocycles. The van der Waals surface area contributed by atoms with Gasteiger partial charge in [-0.2, -0.15) is 5.10 Å². The summed E-state index contributed by atoms with van der Waals surface area (Å²) in [5.41, 5.74) is 4.56. The van der Waals surface area contributed by atoms with Crippen LogP contribution in [0.3, 0.4) is 0 Å². The summed E-state index contributed by atoms with van der Waals surface area (Å²) in [6.07, 6.45) is 3.21. The molecule has 0 saturated heterocycles. The maximum absolute atomic E-state index is 12.0. The minimum atomic E-state index is -0.518. The molecule has 0 spiro atoms. The predicted molar refractivity (Wildman–Crippen MR) is 120 cm³/mol. The Morgan fingerprint density at radius 1 is 1.21 bits per heavy atom. The zero-order chi connectivity index (χ0) is 21.2. The maximum Gasteiger partial charge on any atom is 0.249 e. The fraction of sp³-hybridized carbons (Fsp3) is 0.286. The first-order valence-electron chi connectivity index (χ1n) is 9.19. The number of unbranched alkanes of at least 4 members (excludes halogenated alkanes) is 1. The van der Waals surface area contributed by atoms with E-state index in [-0.39, 0.29) is 6.42 Å². The fourth-order valence-corrected chi connectivity index (χ4v) is 2.97. The summed E-state index contributed by atoms with van der Waals surface area (Å²) >= 11 is 9.48. The number of nitrogens with one attached hydrogen (secondary N) is 2. The molecule has 2 amide bonds. The Morgan fingerprint density at radius 3 is 2.69 bits per heavy atom. The lowest BCUT2D eigenvalue weighted by molar-refractivity contribution is -0.126. The number of aryl methyl sites for hydroxylation is 1. The first kappa shape index (κ1) is 22.9. The number of benzene rings is 2. The molecule has 2 rings (SSSR count). The number of hydrogen-bond donors (Lipinski definition) is 2. The van der Waals surface area contributed by atoms with E-state index >= 15 is 0 Å². The minimum Gasteiger partial charge on any atom is -0.492 e.